The zero-order valence-electron chi connectivity index (χ0n) is 30.5. The molecule has 0 spiro atoms. The average Bonchev–Trinajstić information content (AvgIpc) is 3.85. The minimum atomic E-state index is -0.283. The van der Waals surface area contributed by atoms with Gasteiger partial charge in [-0.1, -0.05) is 140 Å². The third-order valence-electron chi connectivity index (χ3n) is 10.9. The van der Waals surface area contributed by atoms with Crippen molar-refractivity contribution in [2.45, 2.75) is 6.17 Å². The molecule has 1 aliphatic heterocycles. The Kier molecular flexibility index (Phi) is 7.57. The van der Waals surface area contributed by atoms with Crippen LogP contribution in [-0.2, 0) is 0 Å². The standard InChI is InChI=1S/C50H34N4OS/c1-53-49(33-19-7-3-8-20-33)51-48(32-17-5-2-6-18-32)52-50(53)39-31-34-21-11-12-24-36(34)44-38-26-15-28-41(46(38)55-47(39)44)54(35-22-9-4-10-23-35)40-27-16-30-43-45(40)37-25-13-14-29-42(37)56-43/h2-31,49H,1H3. The number of rotatable bonds is 6. The normalized spacial score (nSPS) is 14.5. The third kappa shape index (κ3) is 5.14. The van der Waals surface area contributed by atoms with E-state index in [0.29, 0.717) is 5.84 Å². The summed E-state index contributed by atoms with van der Waals surface area (Å²) >= 11 is 1.83. The Morgan fingerprint density at radius 2 is 1.21 bits per heavy atom. The first-order chi connectivity index (χ1) is 27.7. The van der Waals surface area contributed by atoms with Crippen molar-refractivity contribution in [2.24, 2.45) is 9.98 Å². The summed E-state index contributed by atoms with van der Waals surface area (Å²) in [5.41, 5.74) is 7.72. The number of furan rings is 1. The molecule has 0 bridgehead atoms. The van der Waals surface area contributed by atoms with E-state index in [1.165, 1.54) is 20.2 Å². The van der Waals surface area contributed by atoms with Crippen LogP contribution in [0.4, 0.5) is 17.1 Å². The lowest BCUT2D eigenvalue weighted by Gasteiger charge is -2.32. The van der Waals surface area contributed by atoms with Gasteiger partial charge in [0, 0.05) is 49.2 Å². The number of hydrogen-bond acceptors (Lipinski definition) is 6. The number of thiophene rings is 1. The van der Waals surface area contributed by atoms with Crippen molar-refractivity contribution in [1.29, 1.82) is 0 Å². The Morgan fingerprint density at radius 1 is 0.571 bits per heavy atom. The molecule has 1 unspecified atom stereocenters. The molecule has 0 amide bonds. The average molecular weight is 739 g/mol. The molecule has 56 heavy (non-hydrogen) atoms. The number of hydrogen-bond donors (Lipinski definition) is 0. The fraction of sp³-hybridized carbons (Fsp3) is 0.0400. The summed E-state index contributed by atoms with van der Waals surface area (Å²) in [4.78, 5) is 15.1. The second kappa shape index (κ2) is 13.1. The van der Waals surface area contributed by atoms with Crippen molar-refractivity contribution in [1.82, 2.24) is 4.90 Å². The fourth-order valence-corrected chi connectivity index (χ4v) is 9.46. The Bertz CT molecular complexity index is 3170. The molecule has 0 saturated carbocycles. The summed E-state index contributed by atoms with van der Waals surface area (Å²) in [6.45, 7) is 0. The van der Waals surface area contributed by atoms with Crippen LogP contribution in [0.3, 0.4) is 0 Å². The number of aliphatic imine (C=N–C) groups is 2. The van der Waals surface area contributed by atoms with Crippen LogP contribution in [0.25, 0.3) is 52.9 Å². The number of amidine groups is 2. The molecular weight excluding hydrogens is 705 g/mol. The summed E-state index contributed by atoms with van der Waals surface area (Å²) in [5.74, 6) is 1.50. The lowest BCUT2D eigenvalue weighted by atomic mass is 9.98. The Morgan fingerprint density at radius 3 is 2.04 bits per heavy atom. The second-order valence-corrected chi connectivity index (χ2v) is 15.3. The van der Waals surface area contributed by atoms with Gasteiger partial charge in [0.2, 0.25) is 0 Å². The highest BCUT2D eigenvalue weighted by Gasteiger charge is 2.30. The molecule has 3 heterocycles. The molecule has 1 atom stereocenters. The molecule has 0 radical (unpaired) electrons. The largest absolute Gasteiger partial charge is 0.453 e. The van der Waals surface area contributed by atoms with Crippen molar-refractivity contribution < 1.29 is 4.42 Å². The minimum absolute atomic E-state index is 0.283. The van der Waals surface area contributed by atoms with Crippen LogP contribution in [0.2, 0.25) is 0 Å². The van der Waals surface area contributed by atoms with E-state index >= 15 is 0 Å². The van der Waals surface area contributed by atoms with Crippen molar-refractivity contribution in [2.75, 3.05) is 11.9 Å². The van der Waals surface area contributed by atoms with Crippen LogP contribution in [0.1, 0.15) is 22.9 Å². The highest BCUT2D eigenvalue weighted by atomic mass is 32.1. The van der Waals surface area contributed by atoms with E-state index in [0.717, 1.165) is 72.3 Å². The van der Waals surface area contributed by atoms with Gasteiger partial charge in [-0.15, -0.1) is 11.3 Å². The Hall–Kier alpha value is -7.02. The van der Waals surface area contributed by atoms with Crippen LogP contribution < -0.4 is 4.90 Å². The molecule has 6 heteroatoms. The molecule has 5 nitrogen and oxygen atoms in total. The van der Waals surface area contributed by atoms with Gasteiger partial charge in [0.05, 0.1) is 16.9 Å². The van der Waals surface area contributed by atoms with E-state index in [2.05, 4.69) is 175 Å². The monoisotopic (exact) mass is 738 g/mol. The number of fused-ring (bicyclic) bond motifs is 8. The summed E-state index contributed by atoms with van der Waals surface area (Å²) in [5, 5.41) is 6.85. The lowest BCUT2D eigenvalue weighted by Crippen LogP contribution is -2.35. The maximum atomic E-state index is 7.32. The number of nitrogens with zero attached hydrogens (tertiary/aromatic N) is 4. The van der Waals surface area contributed by atoms with Gasteiger partial charge < -0.3 is 14.2 Å². The van der Waals surface area contributed by atoms with Gasteiger partial charge in [0.25, 0.3) is 0 Å². The lowest BCUT2D eigenvalue weighted by molar-refractivity contribution is 0.383. The predicted octanol–water partition coefficient (Wildman–Crippen LogP) is 13.4. The highest BCUT2D eigenvalue weighted by molar-refractivity contribution is 7.26. The van der Waals surface area contributed by atoms with E-state index in [1.54, 1.807) is 0 Å². The molecule has 0 N–H and O–H groups in total. The van der Waals surface area contributed by atoms with E-state index in [9.17, 15) is 0 Å². The zero-order valence-corrected chi connectivity index (χ0v) is 31.3. The molecule has 11 rings (SSSR count). The van der Waals surface area contributed by atoms with Gasteiger partial charge in [-0.05, 0) is 58.8 Å². The molecule has 1 aliphatic rings. The first-order valence-electron chi connectivity index (χ1n) is 18.8. The number of para-hydroxylation sites is 2. The SMILES string of the molecule is CN1C(c2cc3ccccc3c3c2oc2c(N(c4ccccc4)c4cccc5sc6ccccc6c45)cccc23)=NC(c2ccccc2)=NC1c1ccccc1. The van der Waals surface area contributed by atoms with Crippen LogP contribution >= 0.6 is 11.3 Å². The van der Waals surface area contributed by atoms with Crippen molar-refractivity contribution in [3.05, 3.63) is 199 Å². The third-order valence-corrected chi connectivity index (χ3v) is 12.0. The Labute approximate surface area is 327 Å². The van der Waals surface area contributed by atoms with E-state index in [1.807, 2.05) is 35.6 Å². The fourth-order valence-electron chi connectivity index (χ4n) is 8.33. The number of anilines is 3. The summed E-state index contributed by atoms with van der Waals surface area (Å²) in [7, 11) is 2.08. The van der Waals surface area contributed by atoms with E-state index in [-0.39, 0.29) is 6.17 Å². The number of benzene rings is 8. The smallest absolute Gasteiger partial charge is 0.159 e. The van der Waals surface area contributed by atoms with Gasteiger partial charge in [-0.2, -0.15) is 0 Å². The summed E-state index contributed by atoms with van der Waals surface area (Å²) in [6, 6.07) is 64.0. The Balaban J connectivity index is 1.20. The van der Waals surface area contributed by atoms with Crippen LogP contribution in [0, 0.1) is 0 Å². The first-order valence-corrected chi connectivity index (χ1v) is 19.7. The van der Waals surface area contributed by atoms with Gasteiger partial charge >= 0.3 is 0 Å². The van der Waals surface area contributed by atoms with E-state index < -0.39 is 0 Å². The molecule has 2 aromatic heterocycles. The van der Waals surface area contributed by atoms with Gasteiger partial charge in [0.15, 0.2) is 11.4 Å². The minimum Gasteiger partial charge on any atom is -0.453 e. The van der Waals surface area contributed by atoms with Crippen molar-refractivity contribution >= 4 is 93.0 Å². The first kappa shape index (κ1) is 32.4. The van der Waals surface area contributed by atoms with Gasteiger partial charge in [0.1, 0.15) is 17.6 Å². The second-order valence-electron chi connectivity index (χ2n) is 14.2. The highest BCUT2D eigenvalue weighted by Crippen LogP contribution is 2.48. The van der Waals surface area contributed by atoms with Gasteiger partial charge in [-0.25, -0.2) is 9.98 Å². The molecule has 0 aliphatic carbocycles. The van der Waals surface area contributed by atoms with Crippen LogP contribution in [-0.4, -0.2) is 23.6 Å². The quantitative estimate of drug-likeness (QED) is 0.171. The van der Waals surface area contributed by atoms with Crippen LogP contribution in [0.5, 0.6) is 0 Å². The van der Waals surface area contributed by atoms with Crippen molar-refractivity contribution in [3.63, 3.8) is 0 Å². The van der Waals surface area contributed by atoms with Crippen LogP contribution in [0.15, 0.2) is 196 Å². The topological polar surface area (TPSA) is 44.3 Å². The molecule has 8 aromatic carbocycles. The summed E-state index contributed by atoms with van der Waals surface area (Å²) in [6.07, 6.45) is -0.283. The van der Waals surface area contributed by atoms with Gasteiger partial charge in [-0.3, -0.25) is 0 Å². The molecule has 10 aromatic rings. The maximum absolute atomic E-state index is 7.32. The van der Waals surface area contributed by atoms with E-state index in [4.69, 9.17) is 14.4 Å². The van der Waals surface area contributed by atoms with Crippen molar-refractivity contribution in [3.8, 4) is 0 Å². The molecular formula is C50H34N4OS. The molecule has 266 valence electrons. The molecule has 0 fully saturated rings. The maximum Gasteiger partial charge on any atom is 0.159 e. The summed E-state index contributed by atoms with van der Waals surface area (Å²) < 4.78 is 9.84. The molecule has 0 saturated heterocycles. The zero-order chi connectivity index (χ0) is 37.2. The predicted molar refractivity (Wildman–Crippen MR) is 235 cm³/mol.